The lowest BCUT2D eigenvalue weighted by Crippen LogP contribution is -2.27. The smallest absolute Gasteiger partial charge is 0.358 e. The number of hydrogen-bond acceptors (Lipinski definition) is 5. The first kappa shape index (κ1) is 17.6. The highest BCUT2D eigenvalue weighted by atomic mass is 79.9. The molecule has 1 aromatic heterocycles. The predicted molar refractivity (Wildman–Crippen MR) is 82.3 cm³/mol. The first-order valence-corrected chi connectivity index (χ1v) is 7.31. The van der Waals surface area contributed by atoms with Crippen molar-refractivity contribution >= 4 is 27.9 Å². The highest BCUT2D eigenvalue weighted by Gasteiger charge is 2.24. The van der Waals surface area contributed by atoms with E-state index >= 15 is 0 Å². The maximum Gasteiger partial charge on any atom is 0.358 e. The zero-order chi connectivity index (χ0) is 16.4. The van der Waals surface area contributed by atoms with Gasteiger partial charge in [-0.2, -0.15) is 0 Å². The van der Waals surface area contributed by atoms with Gasteiger partial charge in [-0.15, -0.1) is 0 Å². The number of carbonyl (C=O) groups excluding carboxylic acids is 2. The Balaban J connectivity index is 3.05. The summed E-state index contributed by atoms with van der Waals surface area (Å²) < 4.78 is 10.9. The summed E-state index contributed by atoms with van der Waals surface area (Å²) in [6.45, 7) is 10.6. The van der Waals surface area contributed by atoms with Gasteiger partial charge in [-0.3, -0.25) is 0 Å². The predicted octanol–water partition coefficient (Wildman–Crippen LogP) is 3.75. The minimum Gasteiger partial charge on any atom is -0.455 e. The molecule has 0 aliphatic carbocycles. The maximum atomic E-state index is 12.1. The first-order chi connectivity index (χ1) is 9.39. The molecule has 1 heterocycles. The maximum absolute atomic E-state index is 12.1. The largest absolute Gasteiger partial charge is 0.455 e. The van der Waals surface area contributed by atoms with Crippen molar-refractivity contribution in [3.05, 3.63) is 28.0 Å². The number of halogens is 1. The molecular formula is C15H20BrNO4. The van der Waals surface area contributed by atoms with Crippen molar-refractivity contribution in [3.8, 4) is 0 Å². The van der Waals surface area contributed by atoms with Gasteiger partial charge in [-0.05, 0) is 69.6 Å². The summed E-state index contributed by atoms with van der Waals surface area (Å²) in [5.41, 5.74) is -1.15. The van der Waals surface area contributed by atoms with Crippen LogP contribution in [-0.2, 0) is 9.47 Å². The van der Waals surface area contributed by atoms with Gasteiger partial charge in [0.15, 0.2) is 5.69 Å². The molecule has 0 saturated carbocycles. The van der Waals surface area contributed by atoms with Crippen molar-refractivity contribution < 1.29 is 19.1 Å². The van der Waals surface area contributed by atoms with E-state index in [1.54, 1.807) is 47.6 Å². The van der Waals surface area contributed by atoms with Crippen molar-refractivity contribution in [3.63, 3.8) is 0 Å². The fourth-order valence-corrected chi connectivity index (χ4v) is 1.74. The second-order valence-corrected chi connectivity index (χ2v) is 7.39. The molecule has 0 saturated heterocycles. The number of carbonyl (C=O) groups is 2. The van der Waals surface area contributed by atoms with Gasteiger partial charge in [-0.25, -0.2) is 14.6 Å². The molecule has 0 fully saturated rings. The lowest BCUT2D eigenvalue weighted by atomic mass is 10.2. The van der Waals surface area contributed by atoms with Gasteiger partial charge < -0.3 is 9.47 Å². The molecule has 116 valence electrons. The highest BCUT2D eigenvalue weighted by Crippen LogP contribution is 2.20. The van der Waals surface area contributed by atoms with E-state index in [2.05, 4.69) is 20.9 Å². The van der Waals surface area contributed by atoms with E-state index in [0.29, 0.717) is 4.47 Å². The standard InChI is InChI=1S/C15H20BrNO4/c1-14(2,3)20-12(18)10-8-7-9(16)11(17-10)13(19)21-15(4,5)6/h7-8H,1-6H3. The third kappa shape index (κ3) is 5.83. The molecule has 0 atom stereocenters. The van der Waals surface area contributed by atoms with Crippen LogP contribution < -0.4 is 0 Å². The Labute approximate surface area is 133 Å². The Kier molecular flexibility index (Phi) is 5.15. The van der Waals surface area contributed by atoms with E-state index in [1.807, 2.05) is 0 Å². The zero-order valence-electron chi connectivity index (χ0n) is 13.1. The number of rotatable bonds is 2. The van der Waals surface area contributed by atoms with Crippen LogP contribution in [0.15, 0.2) is 16.6 Å². The molecule has 0 amide bonds. The van der Waals surface area contributed by atoms with E-state index in [1.165, 1.54) is 6.07 Å². The molecule has 1 aromatic rings. The Bertz CT molecular complexity index is 556. The van der Waals surface area contributed by atoms with Crippen molar-refractivity contribution in [2.45, 2.75) is 52.7 Å². The lowest BCUT2D eigenvalue weighted by Gasteiger charge is -2.20. The number of pyridine rings is 1. The molecule has 0 unspecified atom stereocenters. The van der Waals surface area contributed by atoms with Crippen LogP contribution in [-0.4, -0.2) is 28.1 Å². The lowest BCUT2D eigenvalue weighted by molar-refractivity contribution is 0.00572. The molecule has 0 aromatic carbocycles. The normalized spacial score (nSPS) is 12.0. The fraction of sp³-hybridized carbons (Fsp3) is 0.533. The summed E-state index contributed by atoms with van der Waals surface area (Å²) in [4.78, 5) is 28.1. The van der Waals surface area contributed by atoms with Crippen LogP contribution in [0.2, 0.25) is 0 Å². The summed E-state index contributed by atoms with van der Waals surface area (Å²) >= 11 is 3.23. The van der Waals surface area contributed by atoms with Gasteiger partial charge in [-0.1, -0.05) is 0 Å². The van der Waals surface area contributed by atoms with Gasteiger partial charge in [0.1, 0.15) is 16.9 Å². The summed E-state index contributed by atoms with van der Waals surface area (Å²) in [6, 6.07) is 3.07. The van der Waals surface area contributed by atoms with Crippen molar-refractivity contribution in [2.75, 3.05) is 0 Å². The monoisotopic (exact) mass is 357 g/mol. The van der Waals surface area contributed by atoms with Gasteiger partial charge in [0.25, 0.3) is 0 Å². The van der Waals surface area contributed by atoms with E-state index in [9.17, 15) is 9.59 Å². The van der Waals surface area contributed by atoms with Gasteiger partial charge in [0.05, 0.1) is 4.47 Å². The van der Waals surface area contributed by atoms with Crippen LogP contribution in [0.25, 0.3) is 0 Å². The Hall–Kier alpha value is -1.43. The molecule has 0 aliphatic heterocycles. The zero-order valence-corrected chi connectivity index (χ0v) is 14.7. The fourth-order valence-electron chi connectivity index (χ4n) is 1.36. The van der Waals surface area contributed by atoms with E-state index < -0.39 is 23.1 Å². The molecule has 21 heavy (non-hydrogen) atoms. The number of aromatic nitrogens is 1. The molecule has 0 bridgehead atoms. The van der Waals surface area contributed by atoms with Crippen LogP contribution in [0.4, 0.5) is 0 Å². The van der Waals surface area contributed by atoms with E-state index in [-0.39, 0.29) is 11.4 Å². The molecule has 0 aliphatic rings. The molecular weight excluding hydrogens is 338 g/mol. The average molecular weight is 358 g/mol. The van der Waals surface area contributed by atoms with Crippen LogP contribution >= 0.6 is 15.9 Å². The van der Waals surface area contributed by atoms with Gasteiger partial charge in [0, 0.05) is 0 Å². The Morgan fingerprint density at radius 1 is 0.952 bits per heavy atom. The third-order valence-electron chi connectivity index (χ3n) is 2.05. The number of ether oxygens (including phenoxy) is 2. The molecule has 0 N–H and O–H groups in total. The minimum atomic E-state index is -0.639. The molecule has 5 nitrogen and oxygen atoms in total. The summed E-state index contributed by atoms with van der Waals surface area (Å²) in [5.74, 6) is -1.18. The summed E-state index contributed by atoms with van der Waals surface area (Å²) in [7, 11) is 0. The molecule has 6 heteroatoms. The Morgan fingerprint density at radius 3 is 1.90 bits per heavy atom. The third-order valence-corrected chi connectivity index (χ3v) is 2.69. The topological polar surface area (TPSA) is 65.5 Å². The quantitative estimate of drug-likeness (QED) is 0.754. The van der Waals surface area contributed by atoms with Crippen molar-refractivity contribution in [1.82, 2.24) is 4.98 Å². The van der Waals surface area contributed by atoms with E-state index in [4.69, 9.17) is 9.47 Å². The SMILES string of the molecule is CC(C)(C)OC(=O)c1ccc(Br)c(C(=O)OC(C)(C)C)n1. The second kappa shape index (κ2) is 6.13. The first-order valence-electron chi connectivity index (χ1n) is 6.52. The van der Waals surface area contributed by atoms with E-state index in [0.717, 1.165) is 0 Å². The van der Waals surface area contributed by atoms with Crippen LogP contribution in [0.3, 0.4) is 0 Å². The highest BCUT2D eigenvalue weighted by molar-refractivity contribution is 9.10. The van der Waals surface area contributed by atoms with Crippen LogP contribution in [0.5, 0.6) is 0 Å². The van der Waals surface area contributed by atoms with Crippen molar-refractivity contribution in [1.29, 1.82) is 0 Å². The van der Waals surface area contributed by atoms with Crippen LogP contribution in [0.1, 0.15) is 62.5 Å². The average Bonchev–Trinajstić information content (AvgIpc) is 2.24. The number of hydrogen-bond donors (Lipinski definition) is 0. The second-order valence-electron chi connectivity index (χ2n) is 6.53. The van der Waals surface area contributed by atoms with Gasteiger partial charge in [0.2, 0.25) is 0 Å². The minimum absolute atomic E-state index is 0.0493. The summed E-state index contributed by atoms with van der Waals surface area (Å²) in [6.07, 6.45) is 0. The van der Waals surface area contributed by atoms with Crippen LogP contribution in [0, 0.1) is 0 Å². The molecule has 1 rings (SSSR count). The van der Waals surface area contributed by atoms with Gasteiger partial charge >= 0.3 is 11.9 Å². The molecule has 0 spiro atoms. The number of esters is 2. The summed E-state index contributed by atoms with van der Waals surface area (Å²) in [5, 5.41) is 0. The number of nitrogens with zero attached hydrogens (tertiary/aromatic N) is 1. The van der Waals surface area contributed by atoms with Crippen molar-refractivity contribution in [2.24, 2.45) is 0 Å². The molecule has 0 radical (unpaired) electrons. The Morgan fingerprint density at radius 2 is 1.43 bits per heavy atom.